The van der Waals surface area contributed by atoms with Gasteiger partial charge in [0.2, 0.25) is 0 Å². The molecule has 0 bridgehead atoms. The van der Waals surface area contributed by atoms with E-state index in [1.165, 1.54) is 24.4 Å². The van der Waals surface area contributed by atoms with Gasteiger partial charge in [-0.05, 0) is 47.9 Å². The first-order valence-corrected chi connectivity index (χ1v) is 11.9. The Morgan fingerprint density at radius 1 is 1.16 bits per heavy atom. The number of halogens is 1. The number of nitrogens with zero attached hydrogens (tertiary/aromatic N) is 1. The molecule has 3 aromatic rings. The number of hydrogen-bond donors (Lipinski definition) is 2. The molecule has 31 heavy (non-hydrogen) atoms. The normalized spacial score (nSPS) is 12.9. The second-order valence-corrected chi connectivity index (χ2v) is 10.1. The van der Waals surface area contributed by atoms with Crippen LogP contribution in [-0.2, 0) is 15.6 Å². The molecule has 0 heterocycles. The number of nitrogens with one attached hydrogen (secondary N) is 1. The van der Waals surface area contributed by atoms with Gasteiger partial charge >= 0.3 is 0 Å². The monoisotopic (exact) mass is 458 g/mol. The second-order valence-electron chi connectivity index (χ2n) is 7.25. The summed E-state index contributed by atoms with van der Waals surface area (Å²) < 4.78 is 25.2. The van der Waals surface area contributed by atoms with Crippen molar-refractivity contribution >= 4 is 44.3 Å². The third-order valence-electron chi connectivity index (χ3n) is 5.17. The molecule has 0 saturated heterocycles. The number of amides is 1. The number of hydrazone groups is 1. The van der Waals surface area contributed by atoms with E-state index in [1.807, 2.05) is 31.2 Å². The fourth-order valence-corrected chi connectivity index (χ4v) is 4.77. The van der Waals surface area contributed by atoms with Gasteiger partial charge in [0.05, 0.1) is 22.2 Å². The fraction of sp³-hybridized carbons (Fsp3) is 0.217. The highest BCUT2D eigenvalue weighted by atomic mass is 35.5. The van der Waals surface area contributed by atoms with Crippen LogP contribution < -0.4 is 5.43 Å². The first kappa shape index (κ1) is 22.8. The van der Waals surface area contributed by atoms with E-state index < -0.39 is 21.0 Å². The topological polar surface area (TPSA) is 95.8 Å². The van der Waals surface area contributed by atoms with Crippen LogP contribution in [0, 0.1) is 0 Å². The highest BCUT2D eigenvalue weighted by molar-refractivity contribution is 7.91. The van der Waals surface area contributed by atoms with Crippen LogP contribution in [0.25, 0.3) is 10.8 Å². The van der Waals surface area contributed by atoms with Crippen molar-refractivity contribution in [1.29, 1.82) is 0 Å². The van der Waals surface area contributed by atoms with Gasteiger partial charge in [0, 0.05) is 11.1 Å². The number of carbonyl (C=O) groups excluding carboxylic acids is 1. The van der Waals surface area contributed by atoms with Gasteiger partial charge in [-0.3, -0.25) is 4.79 Å². The smallest absolute Gasteiger partial charge is 0.271 e. The largest absolute Gasteiger partial charge is 0.506 e. The summed E-state index contributed by atoms with van der Waals surface area (Å²) in [5.41, 5.74) is 4.16. The van der Waals surface area contributed by atoms with Crippen LogP contribution in [0.4, 0.5) is 0 Å². The van der Waals surface area contributed by atoms with E-state index in [1.54, 1.807) is 19.1 Å². The standard InChI is InChI=1S/C23H23ClN2O4S/c1-3-15(2)31(29,30)14-18-9-8-17(19-6-4-5-7-20(18)19)13-25-26-23(28)16-10-11-22(27)21(24)12-16/h4-13,15,27H,3,14H2,1-2H3,(H,26,28). The Morgan fingerprint density at radius 2 is 1.87 bits per heavy atom. The summed E-state index contributed by atoms with van der Waals surface area (Å²) in [6.45, 7) is 3.59. The molecular formula is C23H23ClN2O4S. The average Bonchev–Trinajstić information content (AvgIpc) is 2.76. The van der Waals surface area contributed by atoms with E-state index in [9.17, 15) is 18.3 Å². The highest BCUT2D eigenvalue weighted by Gasteiger charge is 2.21. The summed E-state index contributed by atoms with van der Waals surface area (Å²) in [5, 5.41) is 14.8. The molecule has 0 aromatic heterocycles. The number of benzene rings is 3. The number of phenolic OH excluding ortho intramolecular Hbond substituents is 1. The number of hydrogen-bond acceptors (Lipinski definition) is 5. The molecule has 0 fully saturated rings. The Kier molecular flexibility index (Phi) is 6.97. The summed E-state index contributed by atoms with van der Waals surface area (Å²) >= 11 is 5.83. The van der Waals surface area contributed by atoms with Crippen molar-refractivity contribution < 1.29 is 18.3 Å². The minimum atomic E-state index is -3.25. The molecule has 8 heteroatoms. The van der Waals surface area contributed by atoms with Crippen molar-refractivity contribution in [3.8, 4) is 5.75 Å². The molecule has 3 aromatic carbocycles. The van der Waals surface area contributed by atoms with Crippen molar-refractivity contribution in [2.24, 2.45) is 5.10 Å². The molecule has 0 spiro atoms. The number of phenols is 1. The van der Waals surface area contributed by atoms with E-state index in [-0.39, 0.29) is 22.1 Å². The van der Waals surface area contributed by atoms with Crippen LogP contribution in [0.5, 0.6) is 5.75 Å². The van der Waals surface area contributed by atoms with Gasteiger partial charge in [-0.15, -0.1) is 0 Å². The van der Waals surface area contributed by atoms with E-state index >= 15 is 0 Å². The maximum absolute atomic E-state index is 12.6. The number of aromatic hydroxyl groups is 1. The molecule has 3 rings (SSSR count). The minimum Gasteiger partial charge on any atom is -0.506 e. The molecule has 1 amide bonds. The molecule has 0 aliphatic carbocycles. The first-order valence-electron chi connectivity index (χ1n) is 9.77. The average molecular weight is 459 g/mol. The van der Waals surface area contributed by atoms with Gasteiger partial charge in [0.15, 0.2) is 9.84 Å². The lowest BCUT2D eigenvalue weighted by molar-refractivity contribution is 0.0955. The summed E-state index contributed by atoms with van der Waals surface area (Å²) in [5.74, 6) is -0.611. The predicted molar refractivity (Wildman–Crippen MR) is 125 cm³/mol. The quantitative estimate of drug-likeness (QED) is 0.397. The highest BCUT2D eigenvalue weighted by Crippen LogP contribution is 2.26. The minimum absolute atomic E-state index is 0.0295. The molecule has 0 aliphatic heterocycles. The van der Waals surface area contributed by atoms with Crippen LogP contribution >= 0.6 is 11.6 Å². The lowest BCUT2D eigenvalue weighted by Crippen LogP contribution is -2.19. The van der Waals surface area contributed by atoms with Crippen LogP contribution in [0.15, 0.2) is 59.7 Å². The zero-order valence-electron chi connectivity index (χ0n) is 17.2. The Labute approximate surface area is 186 Å². The number of sulfone groups is 1. The number of fused-ring (bicyclic) bond motifs is 1. The van der Waals surface area contributed by atoms with Crippen LogP contribution in [-0.4, -0.2) is 30.9 Å². The van der Waals surface area contributed by atoms with Gasteiger partial charge in [0.1, 0.15) is 5.75 Å². The number of carbonyl (C=O) groups is 1. The van der Waals surface area contributed by atoms with E-state index in [2.05, 4.69) is 10.5 Å². The molecule has 0 radical (unpaired) electrons. The maximum Gasteiger partial charge on any atom is 0.271 e. The first-order chi connectivity index (χ1) is 14.7. The van der Waals surface area contributed by atoms with Crippen molar-refractivity contribution in [1.82, 2.24) is 5.43 Å². The maximum atomic E-state index is 12.6. The van der Waals surface area contributed by atoms with E-state index in [0.29, 0.717) is 6.42 Å². The second kappa shape index (κ2) is 9.49. The summed E-state index contributed by atoms with van der Waals surface area (Å²) in [4.78, 5) is 12.2. The van der Waals surface area contributed by atoms with E-state index in [0.717, 1.165) is 21.9 Å². The summed E-state index contributed by atoms with van der Waals surface area (Å²) in [6, 6.07) is 15.2. The van der Waals surface area contributed by atoms with Crippen LogP contribution in [0.1, 0.15) is 41.8 Å². The zero-order valence-corrected chi connectivity index (χ0v) is 18.7. The van der Waals surface area contributed by atoms with Crippen molar-refractivity contribution in [2.75, 3.05) is 0 Å². The molecule has 0 saturated carbocycles. The molecule has 162 valence electrons. The lowest BCUT2D eigenvalue weighted by Gasteiger charge is -2.13. The summed E-state index contributed by atoms with van der Waals surface area (Å²) in [7, 11) is -3.25. The Bertz CT molecular complexity index is 1260. The number of rotatable bonds is 7. The van der Waals surface area contributed by atoms with Gasteiger partial charge in [-0.2, -0.15) is 5.10 Å². The molecule has 2 N–H and O–H groups in total. The molecular weight excluding hydrogens is 436 g/mol. The SMILES string of the molecule is CCC(C)S(=O)(=O)Cc1ccc(C=NNC(=O)c2ccc(O)c(Cl)c2)c2ccccc12. The Morgan fingerprint density at radius 3 is 2.55 bits per heavy atom. The zero-order chi connectivity index (χ0) is 22.6. The van der Waals surface area contributed by atoms with E-state index in [4.69, 9.17) is 11.6 Å². The lowest BCUT2D eigenvalue weighted by atomic mass is 10.0. The van der Waals surface area contributed by atoms with Crippen molar-refractivity contribution in [2.45, 2.75) is 31.3 Å². The molecule has 6 nitrogen and oxygen atoms in total. The third kappa shape index (κ3) is 5.24. The van der Waals surface area contributed by atoms with Gasteiger partial charge in [-0.25, -0.2) is 13.8 Å². The third-order valence-corrected chi connectivity index (χ3v) is 7.75. The Balaban J connectivity index is 1.85. The van der Waals surface area contributed by atoms with Gasteiger partial charge < -0.3 is 5.11 Å². The predicted octanol–water partition coefficient (Wildman–Crippen LogP) is 4.68. The van der Waals surface area contributed by atoms with Crippen LogP contribution in [0.2, 0.25) is 5.02 Å². The van der Waals surface area contributed by atoms with Gasteiger partial charge in [0.25, 0.3) is 5.91 Å². The van der Waals surface area contributed by atoms with Crippen molar-refractivity contribution in [3.63, 3.8) is 0 Å². The molecule has 0 aliphatic rings. The molecule has 1 atom stereocenters. The van der Waals surface area contributed by atoms with Gasteiger partial charge in [-0.1, -0.05) is 54.9 Å². The Hall–Kier alpha value is -2.90. The molecule has 1 unspecified atom stereocenters. The van der Waals surface area contributed by atoms with Crippen molar-refractivity contribution in [3.05, 3.63) is 76.3 Å². The van der Waals surface area contributed by atoms with Crippen LogP contribution in [0.3, 0.4) is 0 Å². The summed E-state index contributed by atoms with van der Waals surface area (Å²) in [6.07, 6.45) is 2.08. The fourth-order valence-electron chi connectivity index (χ4n) is 3.11.